The minimum absolute atomic E-state index is 0.0209. The first-order valence-electron chi connectivity index (χ1n) is 6.35. The first-order chi connectivity index (χ1) is 10.8. The summed E-state index contributed by atoms with van der Waals surface area (Å²) in [5.74, 6) is -1.37. The average Bonchev–Trinajstić information content (AvgIpc) is 2.74. The normalized spacial score (nSPS) is 16.3. The number of phenolic OH excluding ortho intramolecular Hbond substituents is 1. The van der Waals surface area contributed by atoms with Gasteiger partial charge in [-0.15, -0.1) is 0 Å². The van der Waals surface area contributed by atoms with Crippen molar-refractivity contribution in [2.24, 2.45) is 0 Å². The Labute approximate surface area is 150 Å². The predicted octanol–water partition coefficient (Wildman–Crippen LogP) is 1.50. The number of hydrogen-bond acceptors (Lipinski definition) is 7. The maximum Gasteiger partial charge on any atom is 0.266 e. The van der Waals surface area contributed by atoms with Crippen LogP contribution in [-0.2, 0) is 9.59 Å². The summed E-state index contributed by atoms with van der Waals surface area (Å²) in [4.78, 5) is 24.4. The van der Waals surface area contributed by atoms with E-state index in [1.54, 1.807) is 18.2 Å². The van der Waals surface area contributed by atoms with Crippen LogP contribution in [0.25, 0.3) is 6.08 Å². The number of halogens is 1. The highest BCUT2D eigenvalue weighted by Crippen LogP contribution is 2.38. The number of carboxylic acid groups (broad SMARTS) is 1. The highest BCUT2D eigenvalue weighted by atomic mass is 79.9. The van der Waals surface area contributed by atoms with E-state index >= 15 is 0 Å². The van der Waals surface area contributed by atoms with Gasteiger partial charge < -0.3 is 19.7 Å². The molecule has 1 fully saturated rings. The molecule has 122 valence electrons. The molecule has 23 heavy (non-hydrogen) atoms. The first-order valence-corrected chi connectivity index (χ1v) is 8.37. The summed E-state index contributed by atoms with van der Waals surface area (Å²) in [6.45, 7) is -0.0209. The van der Waals surface area contributed by atoms with E-state index in [1.165, 1.54) is 12.0 Å². The number of thiocarbonyl (C=S) groups is 1. The Morgan fingerprint density at radius 1 is 1.57 bits per heavy atom. The van der Waals surface area contributed by atoms with Crippen LogP contribution >= 0.6 is 39.9 Å². The summed E-state index contributed by atoms with van der Waals surface area (Å²) < 4.78 is 5.78. The number of rotatable bonds is 5. The largest absolute Gasteiger partial charge is 0.550 e. The molecule has 0 spiro atoms. The van der Waals surface area contributed by atoms with Gasteiger partial charge in [0.1, 0.15) is 4.32 Å². The first kappa shape index (κ1) is 17.8. The molecule has 9 heteroatoms. The van der Waals surface area contributed by atoms with Gasteiger partial charge >= 0.3 is 0 Å². The number of methoxy groups -OCH3 is 1. The standard InChI is InChI=1S/C14H12BrNO5S2/c1-21-9-5-7(4-8(15)12(9)19)6-10-13(20)16(14(22)23-10)3-2-11(17)18/h4-6,19H,2-3H2,1H3,(H,17,18)/p-1. The van der Waals surface area contributed by atoms with Gasteiger partial charge in [0.15, 0.2) is 11.5 Å². The molecular weight excluding hydrogens is 406 g/mol. The zero-order chi connectivity index (χ0) is 17.1. The van der Waals surface area contributed by atoms with E-state index in [0.29, 0.717) is 19.3 Å². The minimum atomic E-state index is -1.24. The van der Waals surface area contributed by atoms with E-state index in [-0.39, 0.29) is 30.4 Å². The number of aliphatic carboxylic acids is 1. The van der Waals surface area contributed by atoms with Gasteiger partial charge in [0, 0.05) is 18.9 Å². The molecule has 0 radical (unpaired) electrons. The van der Waals surface area contributed by atoms with Crippen molar-refractivity contribution in [3.63, 3.8) is 0 Å². The maximum absolute atomic E-state index is 12.3. The Balaban J connectivity index is 2.27. The number of carboxylic acids is 1. The van der Waals surface area contributed by atoms with Gasteiger partial charge in [0.05, 0.1) is 16.5 Å². The quantitative estimate of drug-likeness (QED) is 0.574. The lowest BCUT2D eigenvalue weighted by atomic mass is 10.2. The van der Waals surface area contributed by atoms with Crippen molar-refractivity contribution < 1.29 is 24.5 Å². The van der Waals surface area contributed by atoms with E-state index in [0.717, 1.165) is 11.8 Å². The zero-order valence-corrected chi connectivity index (χ0v) is 15.1. The molecule has 1 N–H and O–H groups in total. The third kappa shape index (κ3) is 4.04. The van der Waals surface area contributed by atoms with Crippen molar-refractivity contribution in [2.45, 2.75) is 6.42 Å². The summed E-state index contributed by atoms with van der Waals surface area (Å²) in [5, 5.41) is 20.3. The van der Waals surface area contributed by atoms with Gasteiger partial charge in [-0.1, -0.05) is 24.0 Å². The number of amides is 1. The molecule has 1 aromatic rings. The molecule has 0 aromatic heterocycles. The lowest BCUT2D eigenvalue weighted by Crippen LogP contribution is -2.33. The van der Waals surface area contributed by atoms with Gasteiger partial charge in [-0.25, -0.2) is 0 Å². The molecule has 1 aliphatic heterocycles. The van der Waals surface area contributed by atoms with Crippen LogP contribution in [0, 0.1) is 0 Å². The van der Waals surface area contributed by atoms with E-state index in [9.17, 15) is 19.8 Å². The molecule has 0 unspecified atom stereocenters. The van der Waals surface area contributed by atoms with E-state index in [4.69, 9.17) is 17.0 Å². The second-order valence-electron chi connectivity index (χ2n) is 4.51. The number of nitrogens with zero attached hydrogens (tertiary/aromatic N) is 1. The van der Waals surface area contributed by atoms with Crippen LogP contribution in [0.4, 0.5) is 0 Å². The SMILES string of the molecule is COc1cc(C=C2SC(=S)N(CCC(=O)[O-])C2=O)cc(Br)c1O. The Morgan fingerprint density at radius 3 is 2.87 bits per heavy atom. The zero-order valence-electron chi connectivity index (χ0n) is 11.9. The summed E-state index contributed by atoms with van der Waals surface area (Å²) >= 11 is 9.39. The van der Waals surface area contributed by atoms with Crippen LogP contribution in [0.1, 0.15) is 12.0 Å². The number of thioether (sulfide) groups is 1. The Morgan fingerprint density at radius 2 is 2.26 bits per heavy atom. The van der Waals surface area contributed by atoms with Crippen molar-refractivity contribution in [1.29, 1.82) is 0 Å². The fraction of sp³-hybridized carbons (Fsp3) is 0.214. The van der Waals surface area contributed by atoms with Crippen LogP contribution in [0.3, 0.4) is 0 Å². The van der Waals surface area contributed by atoms with Crippen LogP contribution in [0.2, 0.25) is 0 Å². The molecule has 0 saturated carbocycles. The van der Waals surface area contributed by atoms with Crippen molar-refractivity contribution in [2.75, 3.05) is 13.7 Å². The second kappa shape index (κ2) is 7.33. The van der Waals surface area contributed by atoms with Crippen molar-refractivity contribution in [3.05, 3.63) is 27.1 Å². The number of benzene rings is 1. The molecule has 0 atom stereocenters. The van der Waals surface area contributed by atoms with Crippen molar-refractivity contribution in [1.82, 2.24) is 4.90 Å². The fourth-order valence-corrected chi connectivity index (χ4v) is 3.65. The van der Waals surface area contributed by atoms with Crippen LogP contribution < -0.4 is 9.84 Å². The van der Waals surface area contributed by atoms with Gasteiger partial charge in [0.25, 0.3) is 5.91 Å². The summed E-state index contributed by atoms with van der Waals surface area (Å²) in [7, 11) is 1.42. The van der Waals surface area contributed by atoms with Gasteiger partial charge in [-0.2, -0.15) is 0 Å². The summed E-state index contributed by atoms with van der Waals surface area (Å²) in [6, 6.07) is 3.21. The summed E-state index contributed by atoms with van der Waals surface area (Å²) in [5.41, 5.74) is 0.631. The molecule has 0 aliphatic carbocycles. The molecule has 0 bridgehead atoms. The predicted molar refractivity (Wildman–Crippen MR) is 91.9 cm³/mol. The molecule has 1 heterocycles. The molecular formula is C14H11BrNO5S2-. The van der Waals surface area contributed by atoms with E-state index in [1.807, 2.05) is 0 Å². The van der Waals surface area contributed by atoms with E-state index in [2.05, 4.69) is 15.9 Å². The second-order valence-corrected chi connectivity index (χ2v) is 7.04. The Kier molecular flexibility index (Phi) is 5.66. The number of carbonyl (C=O) groups is 2. The number of ether oxygens (including phenoxy) is 1. The smallest absolute Gasteiger partial charge is 0.266 e. The third-order valence-electron chi connectivity index (χ3n) is 2.98. The van der Waals surface area contributed by atoms with Gasteiger partial charge in [-0.05, 0) is 39.7 Å². The van der Waals surface area contributed by atoms with Crippen LogP contribution in [0.5, 0.6) is 11.5 Å². The maximum atomic E-state index is 12.3. The highest BCUT2D eigenvalue weighted by molar-refractivity contribution is 9.10. The molecule has 2 rings (SSSR count). The number of aromatic hydroxyl groups is 1. The fourth-order valence-electron chi connectivity index (χ4n) is 1.88. The molecule has 1 aromatic carbocycles. The minimum Gasteiger partial charge on any atom is -0.550 e. The molecule has 1 amide bonds. The van der Waals surface area contributed by atoms with Crippen molar-refractivity contribution in [3.8, 4) is 11.5 Å². The number of hydrogen-bond donors (Lipinski definition) is 1. The molecule has 1 saturated heterocycles. The van der Waals surface area contributed by atoms with Gasteiger partial charge in [0.2, 0.25) is 0 Å². The monoisotopic (exact) mass is 416 g/mol. The lowest BCUT2D eigenvalue weighted by Gasteiger charge is -2.14. The topological polar surface area (TPSA) is 89.9 Å². The third-order valence-corrected chi connectivity index (χ3v) is 4.96. The lowest BCUT2D eigenvalue weighted by molar-refractivity contribution is -0.305. The van der Waals surface area contributed by atoms with Crippen LogP contribution in [0.15, 0.2) is 21.5 Å². The van der Waals surface area contributed by atoms with Gasteiger partial charge in [-0.3, -0.25) is 9.69 Å². The molecule has 6 nitrogen and oxygen atoms in total. The number of carbonyl (C=O) groups excluding carboxylic acids is 2. The van der Waals surface area contributed by atoms with Crippen LogP contribution in [-0.4, -0.2) is 39.9 Å². The molecule has 1 aliphatic rings. The highest BCUT2D eigenvalue weighted by Gasteiger charge is 2.31. The Bertz CT molecular complexity index is 719. The number of phenols is 1. The average molecular weight is 417 g/mol. The Hall–Kier alpha value is -1.58. The van der Waals surface area contributed by atoms with Crippen molar-refractivity contribution >= 4 is 62.2 Å². The summed E-state index contributed by atoms with van der Waals surface area (Å²) in [6.07, 6.45) is 1.32. The van der Waals surface area contributed by atoms with E-state index < -0.39 is 5.97 Å².